The third-order valence-electron chi connectivity index (χ3n) is 3.98. The SMILES string of the molecule is C=C(OC)c1cccc(OCCC(CCCC(C)OC)OC)c1. The van der Waals surface area contributed by atoms with E-state index in [2.05, 4.69) is 13.5 Å². The van der Waals surface area contributed by atoms with Crippen molar-refractivity contribution in [3.63, 3.8) is 0 Å². The van der Waals surface area contributed by atoms with Crippen LogP contribution < -0.4 is 4.74 Å². The van der Waals surface area contributed by atoms with Crippen LogP contribution in [0.5, 0.6) is 5.75 Å². The molecule has 0 saturated carbocycles. The third-order valence-corrected chi connectivity index (χ3v) is 3.98. The zero-order valence-corrected chi connectivity index (χ0v) is 14.8. The van der Waals surface area contributed by atoms with Crippen molar-refractivity contribution < 1.29 is 18.9 Å². The van der Waals surface area contributed by atoms with Crippen LogP contribution in [0.4, 0.5) is 0 Å². The van der Waals surface area contributed by atoms with Gasteiger partial charge in [0.25, 0.3) is 0 Å². The molecule has 0 bridgehead atoms. The highest BCUT2D eigenvalue weighted by molar-refractivity contribution is 5.58. The summed E-state index contributed by atoms with van der Waals surface area (Å²) in [5, 5.41) is 0. The quantitative estimate of drug-likeness (QED) is 0.538. The lowest BCUT2D eigenvalue weighted by molar-refractivity contribution is 0.0635. The van der Waals surface area contributed by atoms with Gasteiger partial charge in [0.05, 0.1) is 25.9 Å². The van der Waals surface area contributed by atoms with Gasteiger partial charge in [-0.25, -0.2) is 0 Å². The Morgan fingerprint density at radius 1 is 1.09 bits per heavy atom. The fraction of sp³-hybridized carbons (Fsp3) is 0.579. The van der Waals surface area contributed by atoms with Gasteiger partial charge in [-0.1, -0.05) is 18.7 Å². The van der Waals surface area contributed by atoms with Crippen molar-refractivity contribution in [2.45, 2.75) is 44.8 Å². The molecule has 130 valence electrons. The Labute approximate surface area is 140 Å². The number of methoxy groups -OCH3 is 3. The minimum absolute atomic E-state index is 0.219. The van der Waals surface area contributed by atoms with E-state index in [1.807, 2.05) is 24.3 Å². The highest BCUT2D eigenvalue weighted by Crippen LogP contribution is 2.20. The van der Waals surface area contributed by atoms with Crippen LogP contribution in [0.2, 0.25) is 0 Å². The lowest BCUT2D eigenvalue weighted by Crippen LogP contribution is -2.16. The van der Waals surface area contributed by atoms with E-state index in [1.165, 1.54) is 0 Å². The molecule has 0 heterocycles. The zero-order valence-electron chi connectivity index (χ0n) is 14.8. The Bertz CT molecular complexity index is 458. The molecule has 0 aromatic heterocycles. The van der Waals surface area contributed by atoms with Crippen molar-refractivity contribution in [1.29, 1.82) is 0 Å². The summed E-state index contributed by atoms with van der Waals surface area (Å²) in [7, 11) is 5.12. The standard InChI is InChI=1S/C19H30O4/c1-15(20-3)8-6-10-18(22-5)12-13-23-19-11-7-9-17(14-19)16(2)21-4/h7,9,11,14-15,18H,2,6,8,10,12-13H2,1,3-5H3. The zero-order chi connectivity index (χ0) is 17.1. The summed E-state index contributed by atoms with van der Waals surface area (Å²) in [6.07, 6.45) is 4.56. The highest BCUT2D eigenvalue weighted by Gasteiger charge is 2.09. The van der Waals surface area contributed by atoms with Crippen molar-refractivity contribution in [3.8, 4) is 5.75 Å². The van der Waals surface area contributed by atoms with Gasteiger partial charge < -0.3 is 18.9 Å². The topological polar surface area (TPSA) is 36.9 Å². The molecule has 2 unspecified atom stereocenters. The van der Waals surface area contributed by atoms with Gasteiger partial charge in [-0.3, -0.25) is 0 Å². The van der Waals surface area contributed by atoms with Crippen molar-refractivity contribution in [1.82, 2.24) is 0 Å². The molecule has 23 heavy (non-hydrogen) atoms. The molecular weight excluding hydrogens is 292 g/mol. The van der Waals surface area contributed by atoms with Gasteiger partial charge in [-0.05, 0) is 38.3 Å². The van der Waals surface area contributed by atoms with Gasteiger partial charge in [0.15, 0.2) is 0 Å². The van der Waals surface area contributed by atoms with Crippen LogP contribution in [0.25, 0.3) is 5.76 Å². The number of hydrogen-bond donors (Lipinski definition) is 0. The van der Waals surface area contributed by atoms with Gasteiger partial charge in [0.2, 0.25) is 0 Å². The predicted octanol–water partition coefficient (Wildman–Crippen LogP) is 4.29. The molecule has 0 aliphatic heterocycles. The van der Waals surface area contributed by atoms with Crippen molar-refractivity contribution >= 4 is 5.76 Å². The molecule has 1 aromatic rings. The van der Waals surface area contributed by atoms with Crippen molar-refractivity contribution in [2.75, 3.05) is 27.9 Å². The molecular formula is C19H30O4. The first-order chi connectivity index (χ1) is 11.1. The lowest BCUT2D eigenvalue weighted by Gasteiger charge is -2.17. The predicted molar refractivity (Wildman–Crippen MR) is 93.7 cm³/mol. The van der Waals surface area contributed by atoms with Crippen LogP contribution in [-0.2, 0) is 14.2 Å². The Hall–Kier alpha value is -1.52. The summed E-state index contributed by atoms with van der Waals surface area (Å²) in [5.74, 6) is 1.46. The number of rotatable bonds is 12. The fourth-order valence-corrected chi connectivity index (χ4v) is 2.32. The maximum absolute atomic E-state index is 5.82. The molecule has 1 rings (SSSR count). The molecule has 0 fully saturated rings. The summed E-state index contributed by atoms with van der Waals surface area (Å²) in [6.45, 7) is 6.57. The van der Waals surface area contributed by atoms with Crippen LogP contribution in [0.1, 0.15) is 38.2 Å². The second-order valence-corrected chi connectivity index (χ2v) is 5.63. The molecule has 4 nitrogen and oxygen atoms in total. The normalized spacial score (nSPS) is 13.4. The average molecular weight is 322 g/mol. The Morgan fingerprint density at radius 3 is 2.52 bits per heavy atom. The summed E-state index contributed by atoms with van der Waals surface area (Å²) in [4.78, 5) is 0. The van der Waals surface area contributed by atoms with E-state index in [0.717, 1.165) is 37.0 Å². The third kappa shape index (κ3) is 7.53. The molecule has 0 N–H and O–H groups in total. The molecule has 2 atom stereocenters. The minimum Gasteiger partial charge on any atom is -0.497 e. The van der Waals surface area contributed by atoms with E-state index < -0.39 is 0 Å². The van der Waals surface area contributed by atoms with Gasteiger partial charge in [0, 0.05) is 26.2 Å². The number of hydrogen-bond acceptors (Lipinski definition) is 4. The molecule has 4 heteroatoms. The molecule has 0 spiro atoms. The van der Waals surface area contributed by atoms with E-state index in [0.29, 0.717) is 18.5 Å². The van der Waals surface area contributed by atoms with Gasteiger partial charge in [-0.15, -0.1) is 0 Å². The van der Waals surface area contributed by atoms with Crippen LogP contribution in [0, 0.1) is 0 Å². The fourth-order valence-electron chi connectivity index (χ4n) is 2.32. The first-order valence-electron chi connectivity index (χ1n) is 8.12. The maximum Gasteiger partial charge on any atom is 0.120 e. The molecule has 0 radical (unpaired) electrons. The van der Waals surface area contributed by atoms with E-state index in [-0.39, 0.29) is 6.10 Å². The summed E-state index contributed by atoms with van der Waals surface area (Å²) >= 11 is 0. The molecule has 0 aliphatic carbocycles. The maximum atomic E-state index is 5.82. The highest BCUT2D eigenvalue weighted by atomic mass is 16.5. The molecule has 0 saturated heterocycles. The average Bonchev–Trinajstić information content (AvgIpc) is 2.59. The van der Waals surface area contributed by atoms with Gasteiger partial charge >= 0.3 is 0 Å². The van der Waals surface area contributed by atoms with E-state index in [9.17, 15) is 0 Å². The molecule has 1 aromatic carbocycles. The van der Waals surface area contributed by atoms with Crippen molar-refractivity contribution in [3.05, 3.63) is 36.4 Å². The lowest BCUT2D eigenvalue weighted by atomic mass is 10.1. The summed E-state index contributed by atoms with van der Waals surface area (Å²) < 4.78 is 21.8. The van der Waals surface area contributed by atoms with Crippen LogP contribution >= 0.6 is 0 Å². The molecule has 0 aliphatic rings. The van der Waals surface area contributed by atoms with Crippen molar-refractivity contribution in [2.24, 2.45) is 0 Å². The van der Waals surface area contributed by atoms with Crippen LogP contribution in [0.15, 0.2) is 30.8 Å². The van der Waals surface area contributed by atoms with E-state index >= 15 is 0 Å². The first kappa shape index (κ1) is 19.5. The Morgan fingerprint density at radius 2 is 1.87 bits per heavy atom. The summed E-state index contributed by atoms with van der Waals surface area (Å²) in [5.41, 5.74) is 0.932. The second kappa shape index (κ2) is 11.1. The van der Waals surface area contributed by atoms with Crippen LogP contribution in [-0.4, -0.2) is 40.1 Å². The Balaban J connectivity index is 2.35. The van der Waals surface area contributed by atoms with Crippen LogP contribution in [0.3, 0.4) is 0 Å². The van der Waals surface area contributed by atoms with E-state index in [1.54, 1.807) is 21.3 Å². The van der Waals surface area contributed by atoms with Gasteiger partial charge in [0.1, 0.15) is 11.5 Å². The van der Waals surface area contributed by atoms with E-state index in [4.69, 9.17) is 18.9 Å². The smallest absolute Gasteiger partial charge is 0.120 e. The molecule has 0 amide bonds. The Kier molecular flexibility index (Phi) is 9.41. The summed E-state index contributed by atoms with van der Waals surface area (Å²) in [6, 6.07) is 7.77. The number of benzene rings is 1. The van der Waals surface area contributed by atoms with Gasteiger partial charge in [-0.2, -0.15) is 0 Å². The largest absolute Gasteiger partial charge is 0.497 e. The first-order valence-corrected chi connectivity index (χ1v) is 8.12. The monoisotopic (exact) mass is 322 g/mol. The second-order valence-electron chi connectivity index (χ2n) is 5.63. The number of ether oxygens (including phenoxy) is 4. The minimum atomic E-state index is 0.219.